The van der Waals surface area contributed by atoms with Crippen LogP contribution in [0.5, 0.6) is 0 Å². The highest BCUT2D eigenvalue weighted by Gasteiger charge is 2.32. The van der Waals surface area contributed by atoms with Gasteiger partial charge in [-0.05, 0) is 37.1 Å². The number of aliphatic hydroxyl groups is 1. The van der Waals surface area contributed by atoms with Crippen LogP contribution in [-0.4, -0.2) is 60.8 Å². The molecule has 1 aliphatic carbocycles. The lowest BCUT2D eigenvalue weighted by molar-refractivity contribution is -0.131. The number of hydrogen-bond acceptors (Lipinski definition) is 4. The van der Waals surface area contributed by atoms with Crippen molar-refractivity contribution in [1.82, 2.24) is 10.2 Å². The third-order valence-electron chi connectivity index (χ3n) is 5.53. The minimum Gasteiger partial charge on any atom is -0.394 e. The lowest BCUT2D eigenvalue weighted by Crippen LogP contribution is -2.50. The Labute approximate surface area is 148 Å². The van der Waals surface area contributed by atoms with Gasteiger partial charge in [-0.1, -0.05) is 12.8 Å². The van der Waals surface area contributed by atoms with E-state index < -0.39 is 0 Å². The molecular weight excluding hydrogens is 321 g/mol. The molecule has 138 valence electrons. The van der Waals surface area contributed by atoms with Crippen LogP contribution in [0, 0.1) is 5.82 Å². The Morgan fingerprint density at radius 2 is 1.76 bits per heavy atom. The zero-order chi connectivity index (χ0) is 17.7. The molecule has 2 N–H and O–H groups in total. The molecule has 1 aromatic carbocycles. The highest BCUT2D eigenvalue weighted by molar-refractivity contribution is 5.76. The van der Waals surface area contributed by atoms with Crippen molar-refractivity contribution < 1.29 is 14.3 Å². The molecule has 1 amide bonds. The summed E-state index contributed by atoms with van der Waals surface area (Å²) in [4.78, 5) is 16.5. The molecule has 1 heterocycles. The normalized spacial score (nSPS) is 20.1. The van der Waals surface area contributed by atoms with Crippen LogP contribution in [0.25, 0.3) is 0 Å². The number of anilines is 1. The van der Waals surface area contributed by atoms with Crippen molar-refractivity contribution in [3.05, 3.63) is 30.1 Å². The fourth-order valence-corrected chi connectivity index (χ4v) is 3.90. The number of piperazine rings is 1. The van der Waals surface area contributed by atoms with E-state index in [9.17, 15) is 14.3 Å². The number of nitrogens with one attached hydrogen (secondary N) is 1. The van der Waals surface area contributed by atoms with E-state index in [2.05, 4.69) is 10.2 Å². The van der Waals surface area contributed by atoms with Gasteiger partial charge in [-0.2, -0.15) is 0 Å². The van der Waals surface area contributed by atoms with E-state index in [1.165, 1.54) is 12.1 Å². The molecule has 3 rings (SSSR count). The van der Waals surface area contributed by atoms with Gasteiger partial charge in [0.15, 0.2) is 0 Å². The number of aliphatic hydroxyl groups excluding tert-OH is 1. The third kappa shape index (κ3) is 4.50. The molecule has 1 aliphatic heterocycles. The minimum absolute atomic E-state index is 0.150. The number of benzene rings is 1. The molecule has 2 aliphatic rings. The Morgan fingerprint density at radius 1 is 1.12 bits per heavy atom. The molecule has 25 heavy (non-hydrogen) atoms. The summed E-state index contributed by atoms with van der Waals surface area (Å²) in [6, 6.07) is 6.51. The second kappa shape index (κ2) is 8.15. The highest BCUT2D eigenvalue weighted by atomic mass is 19.1. The van der Waals surface area contributed by atoms with E-state index in [1.54, 1.807) is 12.1 Å². The van der Waals surface area contributed by atoms with Gasteiger partial charge in [0.1, 0.15) is 5.82 Å². The number of carbonyl (C=O) groups is 1. The zero-order valence-corrected chi connectivity index (χ0v) is 14.7. The van der Waals surface area contributed by atoms with Crippen molar-refractivity contribution >= 4 is 11.6 Å². The van der Waals surface area contributed by atoms with Gasteiger partial charge >= 0.3 is 0 Å². The Hall–Kier alpha value is -1.66. The largest absolute Gasteiger partial charge is 0.394 e. The number of hydrogen-bond donors (Lipinski definition) is 2. The van der Waals surface area contributed by atoms with Gasteiger partial charge in [0, 0.05) is 50.4 Å². The van der Waals surface area contributed by atoms with Gasteiger partial charge in [0.05, 0.1) is 6.61 Å². The van der Waals surface area contributed by atoms with Crippen LogP contribution in [0.1, 0.15) is 32.1 Å². The fourth-order valence-electron chi connectivity index (χ4n) is 3.90. The van der Waals surface area contributed by atoms with Gasteiger partial charge in [0.25, 0.3) is 0 Å². The van der Waals surface area contributed by atoms with Crippen molar-refractivity contribution in [2.45, 2.75) is 37.6 Å². The molecule has 0 aromatic heterocycles. The molecule has 0 radical (unpaired) electrons. The first-order chi connectivity index (χ1) is 12.1. The molecule has 0 spiro atoms. The standard InChI is InChI=1S/C19H28FN3O2/c20-16-3-5-17(6-4-16)22-11-13-23(14-12-22)18(25)7-10-21-19(15-24)8-1-2-9-19/h3-6,21,24H,1-2,7-15H2. The van der Waals surface area contributed by atoms with Gasteiger partial charge < -0.3 is 20.2 Å². The topological polar surface area (TPSA) is 55.8 Å². The molecule has 1 saturated carbocycles. The summed E-state index contributed by atoms with van der Waals surface area (Å²) in [6.07, 6.45) is 4.75. The summed E-state index contributed by atoms with van der Waals surface area (Å²) in [5, 5.41) is 13.0. The average molecular weight is 349 g/mol. The van der Waals surface area contributed by atoms with Crippen molar-refractivity contribution in [1.29, 1.82) is 0 Å². The Balaban J connectivity index is 1.41. The number of nitrogens with zero attached hydrogens (tertiary/aromatic N) is 2. The number of carbonyl (C=O) groups excluding carboxylic acids is 1. The van der Waals surface area contributed by atoms with E-state index in [0.29, 0.717) is 26.1 Å². The maximum absolute atomic E-state index is 13.0. The first-order valence-electron chi connectivity index (χ1n) is 9.26. The van der Waals surface area contributed by atoms with Gasteiger partial charge in [-0.15, -0.1) is 0 Å². The summed E-state index contributed by atoms with van der Waals surface area (Å²) in [7, 11) is 0. The number of amides is 1. The molecule has 2 fully saturated rings. The Bertz CT molecular complexity index is 565. The van der Waals surface area contributed by atoms with E-state index in [1.807, 2.05) is 4.90 Å². The Kier molecular flexibility index (Phi) is 5.91. The maximum atomic E-state index is 13.0. The van der Waals surface area contributed by atoms with E-state index in [0.717, 1.165) is 44.5 Å². The summed E-state index contributed by atoms with van der Waals surface area (Å²) < 4.78 is 13.0. The molecular formula is C19H28FN3O2. The van der Waals surface area contributed by atoms with Crippen molar-refractivity contribution in [2.24, 2.45) is 0 Å². The molecule has 1 aromatic rings. The molecule has 6 heteroatoms. The van der Waals surface area contributed by atoms with Crippen LogP contribution in [-0.2, 0) is 4.79 Å². The van der Waals surface area contributed by atoms with E-state index >= 15 is 0 Å². The second-order valence-electron chi connectivity index (χ2n) is 7.17. The van der Waals surface area contributed by atoms with Crippen LogP contribution in [0.15, 0.2) is 24.3 Å². The van der Waals surface area contributed by atoms with Crippen LogP contribution >= 0.6 is 0 Å². The predicted molar refractivity (Wildman–Crippen MR) is 96.1 cm³/mol. The molecule has 1 saturated heterocycles. The highest BCUT2D eigenvalue weighted by Crippen LogP contribution is 2.29. The lowest BCUT2D eigenvalue weighted by atomic mass is 9.99. The molecule has 0 unspecified atom stereocenters. The Morgan fingerprint density at radius 3 is 2.36 bits per heavy atom. The van der Waals surface area contributed by atoms with E-state index in [4.69, 9.17) is 0 Å². The lowest BCUT2D eigenvalue weighted by Gasteiger charge is -2.36. The van der Waals surface area contributed by atoms with Crippen LogP contribution < -0.4 is 10.2 Å². The quantitative estimate of drug-likeness (QED) is 0.822. The zero-order valence-electron chi connectivity index (χ0n) is 14.7. The first kappa shape index (κ1) is 18.1. The molecule has 0 bridgehead atoms. The minimum atomic E-state index is -0.229. The average Bonchev–Trinajstić information content (AvgIpc) is 3.12. The van der Waals surface area contributed by atoms with Gasteiger partial charge in [0.2, 0.25) is 5.91 Å². The SMILES string of the molecule is O=C(CCNC1(CO)CCCC1)N1CCN(c2ccc(F)cc2)CC1. The van der Waals surface area contributed by atoms with Crippen molar-refractivity contribution in [3.63, 3.8) is 0 Å². The maximum Gasteiger partial charge on any atom is 0.223 e. The number of rotatable bonds is 6. The second-order valence-corrected chi connectivity index (χ2v) is 7.17. The smallest absolute Gasteiger partial charge is 0.223 e. The van der Waals surface area contributed by atoms with Gasteiger partial charge in [-0.3, -0.25) is 4.79 Å². The summed E-state index contributed by atoms with van der Waals surface area (Å²) in [5.41, 5.74) is 0.836. The summed E-state index contributed by atoms with van der Waals surface area (Å²) >= 11 is 0. The third-order valence-corrected chi connectivity index (χ3v) is 5.53. The first-order valence-corrected chi connectivity index (χ1v) is 9.26. The van der Waals surface area contributed by atoms with E-state index in [-0.39, 0.29) is 23.9 Å². The predicted octanol–water partition coefficient (Wildman–Crippen LogP) is 1.76. The number of halogens is 1. The summed E-state index contributed by atoms with van der Waals surface area (Å²) in [5.74, 6) is -0.0645. The molecule has 0 atom stereocenters. The molecule has 5 nitrogen and oxygen atoms in total. The van der Waals surface area contributed by atoms with Crippen molar-refractivity contribution in [3.8, 4) is 0 Å². The van der Waals surface area contributed by atoms with Crippen LogP contribution in [0.3, 0.4) is 0 Å². The van der Waals surface area contributed by atoms with Crippen LogP contribution in [0.2, 0.25) is 0 Å². The van der Waals surface area contributed by atoms with Crippen molar-refractivity contribution in [2.75, 3.05) is 44.2 Å². The monoisotopic (exact) mass is 349 g/mol. The van der Waals surface area contributed by atoms with Gasteiger partial charge in [-0.25, -0.2) is 4.39 Å². The summed E-state index contributed by atoms with van der Waals surface area (Å²) in [6.45, 7) is 3.70. The fraction of sp³-hybridized carbons (Fsp3) is 0.632. The van der Waals surface area contributed by atoms with Crippen LogP contribution in [0.4, 0.5) is 10.1 Å².